The molecule has 1 saturated carbocycles. The van der Waals surface area contributed by atoms with Crippen molar-refractivity contribution in [2.45, 2.75) is 51.6 Å². The van der Waals surface area contributed by atoms with Crippen molar-refractivity contribution in [3.63, 3.8) is 0 Å². The molecule has 0 aromatic carbocycles. The Morgan fingerprint density at radius 1 is 1.36 bits per heavy atom. The quantitative estimate of drug-likeness (QED) is 0.614. The summed E-state index contributed by atoms with van der Waals surface area (Å²) < 4.78 is 5.57. The fourth-order valence-corrected chi connectivity index (χ4v) is 2.09. The van der Waals surface area contributed by atoms with Crippen LogP contribution in [0.15, 0.2) is 0 Å². The summed E-state index contributed by atoms with van der Waals surface area (Å²) in [6, 6.07) is 0. The molecule has 1 unspecified atom stereocenters. The van der Waals surface area contributed by atoms with Gasteiger partial charge >= 0.3 is 0 Å². The van der Waals surface area contributed by atoms with Crippen LogP contribution in [-0.2, 0) is 4.74 Å². The summed E-state index contributed by atoms with van der Waals surface area (Å²) in [6.45, 7) is 10.0. The van der Waals surface area contributed by atoms with E-state index in [0.29, 0.717) is 6.54 Å². The van der Waals surface area contributed by atoms with Gasteiger partial charge in [0.05, 0.1) is 0 Å². The third kappa shape index (κ3) is 4.62. The van der Waals surface area contributed by atoms with Crippen LogP contribution in [0.1, 0.15) is 45.4 Å². The third-order valence-electron chi connectivity index (χ3n) is 3.00. The molecule has 0 saturated heterocycles. The molecule has 0 spiro atoms. The highest BCUT2D eigenvalue weighted by atomic mass is 16.5. The second-order valence-corrected chi connectivity index (χ2v) is 4.31. The van der Waals surface area contributed by atoms with E-state index in [9.17, 15) is 0 Å². The van der Waals surface area contributed by atoms with E-state index in [0.717, 1.165) is 12.5 Å². The van der Waals surface area contributed by atoms with Gasteiger partial charge < -0.3 is 9.58 Å². The SMILES string of the molecule is [C-]#[N+]CC(C)OCCC1CCCCC1. The largest absolute Gasteiger partial charge is 0.371 e. The zero-order valence-electron chi connectivity index (χ0n) is 9.17. The highest BCUT2D eigenvalue weighted by Crippen LogP contribution is 2.26. The molecule has 0 bridgehead atoms. The molecule has 0 amide bonds. The maximum Gasteiger partial charge on any atom is 0.240 e. The van der Waals surface area contributed by atoms with Crippen molar-refractivity contribution in [2.24, 2.45) is 5.92 Å². The number of hydrogen-bond acceptors (Lipinski definition) is 1. The average molecular weight is 195 g/mol. The van der Waals surface area contributed by atoms with Crippen LogP contribution in [0, 0.1) is 12.5 Å². The molecule has 0 aliphatic heterocycles. The van der Waals surface area contributed by atoms with Crippen LogP contribution in [-0.4, -0.2) is 19.3 Å². The lowest BCUT2D eigenvalue weighted by atomic mass is 9.87. The van der Waals surface area contributed by atoms with Crippen LogP contribution in [0.3, 0.4) is 0 Å². The van der Waals surface area contributed by atoms with Crippen molar-refractivity contribution in [1.82, 2.24) is 0 Å². The van der Waals surface area contributed by atoms with Crippen LogP contribution < -0.4 is 0 Å². The molecule has 2 heteroatoms. The Labute approximate surface area is 87.5 Å². The number of nitrogens with zero attached hydrogens (tertiary/aromatic N) is 1. The van der Waals surface area contributed by atoms with Crippen molar-refractivity contribution in [3.05, 3.63) is 11.4 Å². The monoisotopic (exact) mass is 195 g/mol. The van der Waals surface area contributed by atoms with E-state index in [1.165, 1.54) is 38.5 Å². The Morgan fingerprint density at radius 3 is 2.71 bits per heavy atom. The van der Waals surface area contributed by atoms with Gasteiger partial charge in [-0.05, 0) is 19.3 Å². The van der Waals surface area contributed by atoms with Crippen LogP contribution in [0.4, 0.5) is 0 Å². The fraction of sp³-hybridized carbons (Fsp3) is 0.917. The van der Waals surface area contributed by atoms with E-state index in [4.69, 9.17) is 11.3 Å². The summed E-state index contributed by atoms with van der Waals surface area (Å²) in [7, 11) is 0. The summed E-state index contributed by atoms with van der Waals surface area (Å²) in [5.41, 5.74) is 0. The number of hydrogen-bond donors (Lipinski definition) is 0. The van der Waals surface area contributed by atoms with Gasteiger partial charge in [0.1, 0.15) is 6.10 Å². The first kappa shape index (κ1) is 11.5. The second kappa shape index (κ2) is 6.84. The lowest BCUT2D eigenvalue weighted by molar-refractivity contribution is 0.0630. The van der Waals surface area contributed by atoms with Crippen LogP contribution in [0.25, 0.3) is 4.85 Å². The van der Waals surface area contributed by atoms with Gasteiger partial charge in [0.15, 0.2) is 0 Å². The molecule has 80 valence electrons. The Balaban J connectivity index is 2.00. The van der Waals surface area contributed by atoms with E-state index < -0.39 is 0 Å². The van der Waals surface area contributed by atoms with Gasteiger partial charge in [0.25, 0.3) is 0 Å². The van der Waals surface area contributed by atoms with Crippen molar-refractivity contribution in [3.8, 4) is 0 Å². The summed E-state index contributed by atoms with van der Waals surface area (Å²) in [6.07, 6.45) is 8.33. The van der Waals surface area contributed by atoms with Crippen LogP contribution >= 0.6 is 0 Å². The maximum absolute atomic E-state index is 6.71. The molecule has 1 fully saturated rings. The molecule has 2 nitrogen and oxygen atoms in total. The van der Waals surface area contributed by atoms with Crippen molar-refractivity contribution in [1.29, 1.82) is 0 Å². The fourth-order valence-electron chi connectivity index (χ4n) is 2.09. The molecule has 0 aromatic heterocycles. The molecule has 0 aromatic rings. The summed E-state index contributed by atoms with van der Waals surface area (Å²) in [5.74, 6) is 0.892. The van der Waals surface area contributed by atoms with Gasteiger partial charge in [-0.25, -0.2) is 6.57 Å². The smallest absolute Gasteiger partial charge is 0.240 e. The summed E-state index contributed by atoms with van der Waals surface area (Å²) in [4.78, 5) is 3.33. The molecule has 1 aliphatic rings. The van der Waals surface area contributed by atoms with Crippen molar-refractivity contribution in [2.75, 3.05) is 13.2 Å². The molecule has 0 radical (unpaired) electrons. The topological polar surface area (TPSA) is 13.6 Å². The number of rotatable bonds is 5. The van der Waals surface area contributed by atoms with Gasteiger partial charge in [-0.15, -0.1) is 0 Å². The first-order valence-electron chi connectivity index (χ1n) is 5.77. The summed E-state index contributed by atoms with van der Waals surface area (Å²) in [5, 5.41) is 0. The maximum atomic E-state index is 6.71. The predicted octanol–water partition coefficient (Wildman–Crippen LogP) is 3.28. The van der Waals surface area contributed by atoms with Crippen LogP contribution in [0.2, 0.25) is 0 Å². The molecule has 0 heterocycles. The first-order chi connectivity index (χ1) is 6.83. The highest BCUT2D eigenvalue weighted by molar-refractivity contribution is 4.68. The minimum Gasteiger partial charge on any atom is -0.371 e. The number of ether oxygens (including phenoxy) is 1. The van der Waals surface area contributed by atoms with E-state index >= 15 is 0 Å². The van der Waals surface area contributed by atoms with E-state index in [2.05, 4.69) is 4.85 Å². The average Bonchev–Trinajstić information content (AvgIpc) is 2.20. The molecular formula is C12H21NO. The molecule has 0 N–H and O–H groups in total. The van der Waals surface area contributed by atoms with Gasteiger partial charge in [0.2, 0.25) is 6.54 Å². The second-order valence-electron chi connectivity index (χ2n) is 4.31. The van der Waals surface area contributed by atoms with E-state index in [1.54, 1.807) is 0 Å². The minimum atomic E-state index is 0.121. The zero-order valence-corrected chi connectivity index (χ0v) is 9.17. The van der Waals surface area contributed by atoms with Crippen molar-refractivity contribution >= 4 is 0 Å². The molecule has 1 aliphatic carbocycles. The predicted molar refractivity (Wildman–Crippen MR) is 58.1 cm³/mol. The Kier molecular flexibility index (Phi) is 5.63. The van der Waals surface area contributed by atoms with Crippen LogP contribution in [0.5, 0.6) is 0 Å². The molecule has 1 atom stereocenters. The standard InChI is InChI=1S/C12H21NO/c1-11(10-13-2)14-9-8-12-6-4-3-5-7-12/h11-12H,3-10H2,1H3. The third-order valence-corrected chi connectivity index (χ3v) is 3.00. The molecular weight excluding hydrogens is 174 g/mol. The Bertz CT molecular complexity index is 179. The zero-order chi connectivity index (χ0) is 10.2. The minimum absolute atomic E-state index is 0.121. The molecule has 1 rings (SSSR count). The van der Waals surface area contributed by atoms with Gasteiger partial charge in [-0.2, -0.15) is 0 Å². The Hall–Kier alpha value is -0.550. The first-order valence-corrected chi connectivity index (χ1v) is 5.77. The summed E-state index contributed by atoms with van der Waals surface area (Å²) >= 11 is 0. The normalized spacial score (nSPS) is 20.3. The van der Waals surface area contributed by atoms with E-state index in [-0.39, 0.29) is 6.10 Å². The Morgan fingerprint density at radius 2 is 2.07 bits per heavy atom. The van der Waals surface area contributed by atoms with Crippen molar-refractivity contribution < 1.29 is 4.74 Å². The lowest BCUT2D eigenvalue weighted by Crippen LogP contribution is -2.15. The van der Waals surface area contributed by atoms with Gasteiger partial charge in [-0.1, -0.05) is 32.1 Å². The highest BCUT2D eigenvalue weighted by Gasteiger charge is 2.13. The molecule has 14 heavy (non-hydrogen) atoms. The lowest BCUT2D eigenvalue weighted by Gasteiger charge is -2.21. The van der Waals surface area contributed by atoms with Gasteiger partial charge in [-0.3, -0.25) is 0 Å². The van der Waals surface area contributed by atoms with E-state index in [1.807, 2.05) is 6.92 Å². The van der Waals surface area contributed by atoms with Gasteiger partial charge in [0, 0.05) is 6.61 Å².